The number of rotatable bonds is 1. The number of anilines is 1. The van der Waals surface area contributed by atoms with Gasteiger partial charge in [-0.25, -0.2) is 0 Å². The Labute approximate surface area is 131 Å². The van der Waals surface area contributed by atoms with Gasteiger partial charge < -0.3 is 10.0 Å². The zero-order valence-electron chi connectivity index (χ0n) is 13.1. The van der Waals surface area contributed by atoms with E-state index in [9.17, 15) is 5.11 Å². The average molecular weight is 304 g/mol. The van der Waals surface area contributed by atoms with E-state index in [2.05, 4.69) is 44.9 Å². The lowest BCUT2D eigenvalue weighted by atomic mass is 9.84. The minimum Gasteiger partial charge on any atom is -0.507 e. The largest absolute Gasteiger partial charge is 0.507 e. The number of hydrogen-bond donors (Lipinski definition) is 1. The summed E-state index contributed by atoms with van der Waals surface area (Å²) in [6.45, 7) is 7.55. The second kappa shape index (κ2) is 4.81. The van der Waals surface area contributed by atoms with Crippen molar-refractivity contribution in [1.82, 2.24) is 0 Å². The highest BCUT2D eigenvalue weighted by Crippen LogP contribution is 2.45. The number of aromatic hydroxyl groups is 1. The molecule has 1 aliphatic rings. The van der Waals surface area contributed by atoms with Crippen LogP contribution in [0.25, 0.3) is 10.8 Å². The summed E-state index contributed by atoms with van der Waals surface area (Å²) in [7, 11) is 2.06. The molecule has 2 nitrogen and oxygen atoms in total. The van der Waals surface area contributed by atoms with Crippen LogP contribution in [0.1, 0.15) is 37.8 Å². The fourth-order valence-corrected chi connectivity index (χ4v) is 3.52. The Kier molecular flexibility index (Phi) is 3.32. The molecule has 0 aromatic heterocycles. The third-order valence-electron chi connectivity index (χ3n) is 4.50. The van der Waals surface area contributed by atoms with Crippen molar-refractivity contribution in [2.45, 2.75) is 32.1 Å². The molecular weight excluding hydrogens is 282 g/mol. The maximum absolute atomic E-state index is 10.3. The molecule has 0 spiro atoms. The number of fused-ring (bicyclic) bond motifs is 3. The Morgan fingerprint density at radius 1 is 1.24 bits per heavy atom. The van der Waals surface area contributed by atoms with E-state index in [4.69, 9.17) is 11.6 Å². The molecule has 2 aromatic rings. The van der Waals surface area contributed by atoms with Crippen LogP contribution >= 0.6 is 11.6 Å². The van der Waals surface area contributed by atoms with Gasteiger partial charge in [-0.05, 0) is 21.9 Å². The van der Waals surface area contributed by atoms with E-state index >= 15 is 0 Å². The molecule has 0 unspecified atom stereocenters. The minimum absolute atomic E-state index is 0.0908. The molecule has 21 heavy (non-hydrogen) atoms. The molecule has 0 radical (unpaired) electrons. The Bertz CT molecular complexity index is 702. The highest BCUT2D eigenvalue weighted by atomic mass is 35.5. The molecule has 1 atom stereocenters. The van der Waals surface area contributed by atoms with Crippen molar-refractivity contribution in [2.24, 2.45) is 0 Å². The van der Waals surface area contributed by atoms with E-state index in [-0.39, 0.29) is 5.41 Å². The molecule has 3 heteroatoms. The molecule has 0 bridgehead atoms. The van der Waals surface area contributed by atoms with E-state index in [0.717, 1.165) is 23.0 Å². The summed E-state index contributed by atoms with van der Waals surface area (Å²) >= 11 is 6.18. The second-order valence-electron chi connectivity index (χ2n) is 7.07. The van der Waals surface area contributed by atoms with E-state index in [1.54, 1.807) is 0 Å². The van der Waals surface area contributed by atoms with Crippen LogP contribution in [0.5, 0.6) is 5.75 Å². The number of benzene rings is 2. The topological polar surface area (TPSA) is 23.5 Å². The molecule has 0 saturated heterocycles. The van der Waals surface area contributed by atoms with Gasteiger partial charge in [0.25, 0.3) is 0 Å². The van der Waals surface area contributed by atoms with Gasteiger partial charge in [0, 0.05) is 42.5 Å². The Balaban J connectivity index is 2.34. The van der Waals surface area contributed by atoms with Crippen LogP contribution < -0.4 is 4.90 Å². The Hall–Kier alpha value is -1.41. The maximum atomic E-state index is 10.3. The zero-order valence-corrected chi connectivity index (χ0v) is 13.8. The lowest BCUT2D eigenvalue weighted by Crippen LogP contribution is -2.15. The van der Waals surface area contributed by atoms with E-state index in [0.29, 0.717) is 17.5 Å². The van der Waals surface area contributed by atoms with Gasteiger partial charge in [-0.15, -0.1) is 11.6 Å². The summed E-state index contributed by atoms with van der Waals surface area (Å²) in [5, 5.41) is 12.4. The monoisotopic (exact) mass is 303 g/mol. The highest BCUT2D eigenvalue weighted by molar-refractivity contribution is 6.18. The minimum atomic E-state index is 0.0908. The van der Waals surface area contributed by atoms with Crippen molar-refractivity contribution in [3.05, 3.63) is 35.4 Å². The van der Waals surface area contributed by atoms with Gasteiger partial charge in [0.1, 0.15) is 5.75 Å². The first-order chi connectivity index (χ1) is 9.82. The SMILES string of the molecule is CN1C[C@@H](CCl)c2c1cc(O)c1ccc(C(C)(C)C)cc21. The molecule has 0 saturated carbocycles. The number of phenolic OH excluding ortho intramolecular Hbond substituents is 1. The molecular formula is C18H22ClNO. The summed E-state index contributed by atoms with van der Waals surface area (Å²) in [5.74, 6) is 1.29. The van der Waals surface area contributed by atoms with E-state index in [1.807, 2.05) is 12.1 Å². The van der Waals surface area contributed by atoms with Crippen molar-refractivity contribution in [1.29, 1.82) is 0 Å². The molecule has 1 N–H and O–H groups in total. The second-order valence-corrected chi connectivity index (χ2v) is 7.38. The van der Waals surface area contributed by atoms with Crippen molar-refractivity contribution in [3.8, 4) is 5.75 Å². The van der Waals surface area contributed by atoms with Crippen molar-refractivity contribution >= 4 is 28.1 Å². The van der Waals surface area contributed by atoms with E-state index < -0.39 is 0 Å². The maximum Gasteiger partial charge on any atom is 0.125 e. The van der Waals surface area contributed by atoms with Crippen LogP contribution in [-0.2, 0) is 5.41 Å². The van der Waals surface area contributed by atoms with Crippen LogP contribution in [0.15, 0.2) is 24.3 Å². The molecule has 1 aliphatic heterocycles. The average Bonchev–Trinajstić information content (AvgIpc) is 2.74. The summed E-state index contributed by atoms with van der Waals surface area (Å²) in [5.41, 5.74) is 3.77. The van der Waals surface area contributed by atoms with Crippen molar-refractivity contribution in [3.63, 3.8) is 0 Å². The molecule has 0 fully saturated rings. The highest BCUT2D eigenvalue weighted by Gasteiger charge is 2.29. The fourth-order valence-electron chi connectivity index (χ4n) is 3.27. The van der Waals surface area contributed by atoms with E-state index in [1.165, 1.54) is 11.1 Å². The molecule has 112 valence electrons. The molecule has 0 amide bonds. The summed E-state index contributed by atoms with van der Waals surface area (Å²) in [6.07, 6.45) is 0. The van der Waals surface area contributed by atoms with Crippen LogP contribution in [0.2, 0.25) is 0 Å². The quantitative estimate of drug-likeness (QED) is 0.777. The number of phenols is 1. The van der Waals surface area contributed by atoms with Gasteiger partial charge in [0.2, 0.25) is 0 Å². The molecule has 0 aliphatic carbocycles. The predicted molar refractivity (Wildman–Crippen MR) is 91.0 cm³/mol. The van der Waals surface area contributed by atoms with Gasteiger partial charge >= 0.3 is 0 Å². The smallest absolute Gasteiger partial charge is 0.125 e. The lowest BCUT2D eigenvalue weighted by molar-refractivity contribution is 0.481. The summed E-state index contributed by atoms with van der Waals surface area (Å²) in [6, 6.07) is 8.26. The lowest BCUT2D eigenvalue weighted by Gasteiger charge is -2.21. The number of alkyl halides is 1. The van der Waals surface area contributed by atoms with Gasteiger partial charge in [-0.3, -0.25) is 0 Å². The van der Waals surface area contributed by atoms with Gasteiger partial charge in [-0.2, -0.15) is 0 Å². The first kappa shape index (κ1) is 14.5. The number of likely N-dealkylation sites (N-methyl/N-ethyl adjacent to an activating group) is 1. The normalized spacial score (nSPS) is 18.3. The van der Waals surface area contributed by atoms with Gasteiger partial charge in [0.05, 0.1) is 0 Å². The molecule has 2 aromatic carbocycles. The Morgan fingerprint density at radius 3 is 2.57 bits per heavy atom. The van der Waals surface area contributed by atoms with Crippen LogP contribution in [0.4, 0.5) is 5.69 Å². The fraction of sp³-hybridized carbons (Fsp3) is 0.444. The number of halogens is 1. The molecule has 1 heterocycles. The van der Waals surface area contributed by atoms with Crippen molar-refractivity contribution in [2.75, 3.05) is 24.4 Å². The van der Waals surface area contributed by atoms with Crippen LogP contribution in [-0.4, -0.2) is 24.6 Å². The first-order valence-corrected chi connectivity index (χ1v) is 7.93. The zero-order chi connectivity index (χ0) is 15.4. The van der Waals surface area contributed by atoms with Gasteiger partial charge in [0.15, 0.2) is 0 Å². The third-order valence-corrected chi connectivity index (χ3v) is 4.87. The van der Waals surface area contributed by atoms with Gasteiger partial charge in [-0.1, -0.05) is 39.0 Å². The first-order valence-electron chi connectivity index (χ1n) is 7.40. The van der Waals surface area contributed by atoms with Crippen molar-refractivity contribution < 1.29 is 5.11 Å². The number of hydrogen-bond acceptors (Lipinski definition) is 2. The third kappa shape index (κ3) is 2.26. The standard InChI is InChI=1S/C18H22ClNO/c1-18(2,3)12-5-6-13-14(7-12)17-11(9-19)10-20(4)15(17)8-16(13)21/h5-8,11,21H,9-10H2,1-4H3/t11-/m1/s1. The van der Waals surface area contributed by atoms with Crippen LogP contribution in [0.3, 0.4) is 0 Å². The summed E-state index contributed by atoms with van der Waals surface area (Å²) in [4.78, 5) is 2.19. The van der Waals surface area contributed by atoms with Crippen LogP contribution in [0, 0.1) is 0 Å². The Morgan fingerprint density at radius 2 is 1.95 bits per heavy atom. The molecule has 3 rings (SSSR count). The predicted octanol–water partition coefficient (Wildman–Crippen LogP) is 4.62. The number of nitrogens with zero attached hydrogens (tertiary/aromatic N) is 1. The summed E-state index contributed by atoms with van der Waals surface area (Å²) < 4.78 is 0.